The van der Waals surface area contributed by atoms with Crippen LogP contribution in [0.5, 0.6) is 0 Å². The van der Waals surface area contributed by atoms with Gasteiger partial charge in [0.25, 0.3) is 0 Å². The number of hydrogen-bond acceptors (Lipinski definition) is 6. The lowest BCUT2D eigenvalue weighted by Crippen LogP contribution is -2.49. The summed E-state index contributed by atoms with van der Waals surface area (Å²) in [7, 11) is 0. The van der Waals surface area contributed by atoms with Crippen molar-refractivity contribution in [1.29, 1.82) is 5.26 Å². The van der Waals surface area contributed by atoms with Crippen molar-refractivity contribution in [1.82, 2.24) is 15.5 Å². The highest BCUT2D eigenvalue weighted by Gasteiger charge is 2.56. The lowest BCUT2D eigenvalue weighted by atomic mass is 9.80. The number of alkyl carbamates (subject to hydrolysis) is 1. The number of para-hydroxylation sites is 1. The number of likely N-dealkylation sites (tertiary alicyclic amines) is 1. The maximum atomic E-state index is 13.0. The van der Waals surface area contributed by atoms with E-state index in [-0.39, 0.29) is 31.0 Å². The van der Waals surface area contributed by atoms with Gasteiger partial charge < -0.3 is 25.6 Å². The molecule has 10 heteroatoms. The smallest absolute Gasteiger partial charge is 0.407 e. The predicted molar refractivity (Wildman–Crippen MR) is 121 cm³/mol. The molecule has 1 aromatic carbocycles. The Kier molecular flexibility index (Phi) is 5.98. The first-order valence-electron chi connectivity index (χ1n) is 11.4. The number of carbonyl (C=O) groups excluding carboxylic acids is 4. The number of carbonyl (C=O) groups is 4. The molecule has 4 amide bonds. The van der Waals surface area contributed by atoms with Gasteiger partial charge in [0.05, 0.1) is 11.5 Å². The number of amides is 4. The van der Waals surface area contributed by atoms with E-state index in [4.69, 9.17) is 4.74 Å². The maximum absolute atomic E-state index is 13.0. The number of ether oxygens (including phenoxy) is 1. The Labute approximate surface area is 198 Å². The van der Waals surface area contributed by atoms with Crippen molar-refractivity contribution in [2.75, 3.05) is 11.9 Å². The number of nitrogens with zero attached hydrogens (tertiary/aromatic N) is 2. The second kappa shape index (κ2) is 8.63. The number of benzene rings is 1. The summed E-state index contributed by atoms with van der Waals surface area (Å²) in [5.74, 6) is -1.91. The van der Waals surface area contributed by atoms with Gasteiger partial charge >= 0.3 is 17.9 Å². The third kappa shape index (κ3) is 4.42. The van der Waals surface area contributed by atoms with E-state index in [0.29, 0.717) is 24.9 Å². The first-order chi connectivity index (χ1) is 16.0. The average Bonchev–Trinajstić information content (AvgIpc) is 3.43. The first-order valence-corrected chi connectivity index (χ1v) is 11.4. The molecule has 2 aliphatic heterocycles. The molecule has 1 aromatic rings. The van der Waals surface area contributed by atoms with Gasteiger partial charge in [0, 0.05) is 30.7 Å². The zero-order chi connectivity index (χ0) is 24.7. The van der Waals surface area contributed by atoms with Crippen LogP contribution in [-0.4, -0.2) is 59.0 Å². The lowest BCUT2D eigenvalue weighted by molar-refractivity contribution is -0.146. The number of hydrogen-bond donors (Lipinski definition) is 3. The van der Waals surface area contributed by atoms with Crippen molar-refractivity contribution >= 4 is 29.5 Å². The average molecular weight is 468 g/mol. The summed E-state index contributed by atoms with van der Waals surface area (Å²) in [5.41, 5.74) is -0.243. The molecule has 1 saturated heterocycles. The molecule has 0 radical (unpaired) electrons. The molecule has 3 N–H and O–H groups in total. The molecule has 2 fully saturated rings. The summed E-state index contributed by atoms with van der Waals surface area (Å²) >= 11 is 0. The topological polar surface area (TPSA) is 141 Å². The fourth-order valence-corrected chi connectivity index (χ4v) is 5.06. The summed E-state index contributed by atoms with van der Waals surface area (Å²) in [6.07, 6.45) is 1.33. The Morgan fingerprint density at radius 1 is 1.18 bits per heavy atom. The molecule has 0 bridgehead atoms. The molecule has 3 aliphatic rings. The van der Waals surface area contributed by atoms with Crippen molar-refractivity contribution in [2.45, 2.75) is 75.6 Å². The van der Waals surface area contributed by atoms with Gasteiger partial charge in [-0.3, -0.25) is 14.4 Å². The van der Waals surface area contributed by atoms with Gasteiger partial charge in [-0.15, -0.1) is 0 Å². The highest BCUT2D eigenvalue weighted by molar-refractivity contribution is 6.35. The summed E-state index contributed by atoms with van der Waals surface area (Å²) in [6, 6.07) is 7.93. The Bertz CT molecular complexity index is 1070. The van der Waals surface area contributed by atoms with Gasteiger partial charge in [-0.25, -0.2) is 4.79 Å². The van der Waals surface area contributed by atoms with Crippen molar-refractivity contribution in [3.8, 4) is 6.07 Å². The van der Waals surface area contributed by atoms with Crippen LogP contribution in [-0.2, 0) is 24.5 Å². The molecule has 34 heavy (non-hydrogen) atoms. The van der Waals surface area contributed by atoms with Gasteiger partial charge in [-0.1, -0.05) is 18.2 Å². The van der Waals surface area contributed by atoms with E-state index in [1.807, 2.05) is 6.07 Å². The number of fused-ring (bicyclic) bond motifs is 2. The number of anilines is 1. The molecular weight excluding hydrogens is 438 g/mol. The normalized spacial score (nSPS) is 27.6. The second-order valence-corrected chi connectivity index (χ2v) is 10.2. The number of nitrogens with one attached hydrogen (secondary N) is 3. The quantitative estimate of drug-likeness (QED) is 0.564. The Morgan fingerprint density at radius 3 is 2.53 bits per heavy atom. The number of rotatable bonds is 2. The molecular formula is C24H29N5O5. The second-order valence-electron chi connectivity index (χ2n) is 10.2. The molecule has 4 rings (SSSR count). The van der Waals surface area contributed by atoms with E-state index < -0.39 is 35.0 Å². The largest absolute Gasteiger partial charge is 0.444 e. The van der Waals surface area contributed by atoms with Crippen molar-refractivity contribution < 1.29 is 23.9 Å². The summed E-state index contributed by atoms with van der Waals surface area (Å²) in [6.45, 7) is 5.30. The van der Waals surface area contributed by atoms with E-state index >= 15 is 0 Å². The van der Waals surface area contributed by atoms with Crippen LogP contribution in [0.1, 0.15) is 52.0 Å². The Balaban J connectivity index is 1.38. The SMILES string of the molecule is CC(C)(C)OC(=O)N[C@H]1CC[C@@H](NC(=O)C(=O)N2C[C@]3(C[C@H]2C#N)C(=O)Nc2ccccc23)C1. The van der Waals surface area contributed by atoms with Crippen LogP contribution in [0.2, 0.25) is 0 Å². The van der Waals surface area contributed by atoms with Crippen LogP contribution in [0.15, 0.2) is 24.3 Å². The molecule has 1 spiro atoms. The van der Waals surface area contributed by atoms with Gasteiger partial charge in [-0.2, -0.15) is 5.26 Å². The highest BCUT2D eigenvalue weighted by atomic mass is 16.6. The molecule has 1 saturated carbocycles. The van der Waals surface area contributed by atoms with Gasteiger partial charge in [0.1, 0.15) is 11.6 Å². The van der Waals surface area contributed by atoms with E-state index in [1.165, 1.54) is 4.90 Å². The molecule has 1 aliphatic carbocycles. The van der Waals surface area contributed by atoms with E-state index in [1.54, 1.807) is 39.0 Å². The minimum atomic E-state index is -1.04. The van der Waals surface area contributed by atoms with Crippen molar-refractivity contribution in [2.24, 2.45) is 0 Å². The third-order valence-electron chi connectivity index (χ3n) is 6.58. The predicted octanol–water partition coefficient (Wildman–Crippen LogP) is 1.56. The van der Waals surface area contributed by atoms with Gasteiger partial charge in [-0.05, 0) is 51.7 Å². The standard InChI is InChI=1S/C24H29N5O5/c1-23(2,3)34-22(33)27-15-9-8-14(10-15)26-19(30)20(31)29-13-24(11-16(29)12-25)17-6-4-5-7-18(17)28-21(24)32/h4-7,14-16H,8-11,13H2,1-3H3,(H,26,30)(H,27,33)(H,28,32)/t14-,15+,16+,24+/m1/s1. The van der Waals surface area contributed by atoms with Crippen LogP contribution >= 0.6 is 0 Å². The zero-order valence-corrected chi connectivity index (χ0v) is 19.5. The molecule has 180 valence electrons. The highest BCUT2D eigenvalue weighted by Crippen LogP contribution is 2.46. The van der Waals surface area contributed by atoms with E-state index in [2.05, 4.69) is 22.0 Å². The maximum Gasteiger partial charge on any atom is 0.407 e. The Morgan fingerprint density at radius 2 is 1.85 bits per heavy atom. The van der Waals surface area contributed by atoms with E-state index in [9.17, 15) is 24.4 Å². The Hall–Kier alpha value is -3.61. The van der Waals surface area contributed by atoms with Crippen LogP contribution in [0.4, 0.5) is 10.5 Å². The summed E-state index contributed by atoms with van der Waals surface area (Å²) in [4.78, 5) is 51.8. The molecule has 0 unspecified atom stereocenters. The fourth-order valence-electron chi connectivity index (χ4n) is 5.06. The molecule has 0 aromatic heterocycles. The van der Waals surface area contributed by atoms with E-state index in [0.717, 1.165) is 5.56 Å². The van der Waals surface area contributed by atoms with Crippen LogP contribution in [0, 0.1) is 11.3 Å². The monoisotopic (exact) mass is 467 g/mol. The third-order valence-corrected chi connectivity index (χ3v) is 6.58. The summed E-state index contributed by atoms with van der Waals surface area (Å²) < 4.78 is 5.26. The lowest BCUT2D eigenvalue weighted by Gasteiger charge is -2.23. The van der Waals surface area contributed by atoms with Crippen molar-refractivity contribution in [3.63, 3.8) is 0 Å². The molecule has 4 atom stereocenters. The minimum absolute atomic E-state index is 0.0339. The van der Waals surface area contributed by atoms with Gasteiger partial charge in [0.15, 0.2) is 0 Å². The first kappa shape index (κ1) is 23.5. The fraction of sp³-hybridized carbons (Fsp3) is 0.542. The molecule has 2 heterocycles. The summed E-state index contributed by atoms with van der Waals surface area (Å²) in [5, 5.41) is 18.0. The van der Waals surface area contributed by atoms with Crippen LogP contribution < -0.4 is 16.0 Å². The van der Waals surface area contributed by atoms with Crippen LogP contribution in [0.25, 0.3) is 0 Å². The van der Waals surface area contributed by atoms with Gasteiger partial charge in [0.2, 0.25) is 5.91 Å². The molecule has 10 nitrogen and oxygen atoms in total. The number of nitriles is 1. The van der Waals surface area contributed by atoms with Crippen molar-refractivity contribution in [3.05, 3.63) is 29.8 Å². The minimum Gasteiger partial charge on any atom is -0.444 e. The zero-order valence-electron chi connectivity index (χ0n) is 19.5. The van der Waals surface area contributed by atoms with Crippen LogP contribution in [0.3, 0.4) is 0 Å².